The molecule has 1 heterocycles. The molecule has 2 aromatic rings. The monoisotopic (exact) mass is 276 g/mol. The van der Waals surface area contributed by atoms with E-state index in [0.29, 0.717) is 5.92 Å². The molecule has 0 saturated carbocycles. The molecule has 0 radical (unpaired) electrons. The molecular weight excluding hydrogens is 256 g/mol. The minimum absolute atomic E-state index is 0.441. The van der Waals surface area contributed by atoms with Gasteiger partial charge in [-0.3, -0.25) is 0 Å². The van der Waals surface area contributed by atoms with E-state index in [4.69, 9.17) is 4.74 Å². The Morgan fingerprint density at radius 3 is 2.95 bits per heavy atom. The molecule has 1 aromatic heterocycles. The second-order valence-corrected chi connectivity index (χ2v) is 5.64. The first-order valence-corrected chi connectivity index (χ1v) is 7.32. The summed E-state index contributed by atoms with van der Waals surface area (Å²) < 4.78 is 5.38. The lowest BCUT2D eigenvalue weighted by atomic mass is 10.1. The number of hydrogen-bond acceptors (Lipinski definition) is 4. The van der Waals surface area contributed by atoms with Crippen LogP contribution in [0.4, 0.5) is 0 Å². The molecule has 0 fully saturated rings. The number of aryl methyl sites for hydroxylation is 1. The van der Waals surface area contributed by atoms with Crippen molar-refractivity contribution in [2.45, 2.75) is 26.3 Å². The van der Waals surface area contributed by atoms with Gasteiger partial charge in [-0.1, -0.05) is 24.6 Å². The largest absolute Gasteiger partial charge is 0.496 e. The first kappa shape index (κ1) is 14.0. The normalized spacial score (nSPS) is 12.4. The Morgan fingerprint density at radius 2 is 2.26 bits per heavy atom. The third-order valence-electron chi connectivity index (χ3n) is 3.07. The number of thiazole rings is 1. The molecule has 3 nitrogen and oxygen atoms in total. The van der Waals surface area contributed by atoms with E-state index in [9.17, 15) is 0 Å². The fraction of sp³-hybridized carbons (Fsp3) is 0.400. The number of aromatic nitrogens is 1. The number of rotatable bonds is 6. The molecule has 0 aliphatic carbocycles. The van der Waals surface area contributed by atoms with E-state index >= 15 is 0 Å². The summed E-state index contributed by atoms with van der Waals surface area (Å²) in [5, 5.41) is 6.69. The van der Waals surface area contributed by atoms with Gasteiger partial charge in [0.1, 0.15) is 5.75 Å². The molecule has 19 heavy (non-hydrogen) atoms. The third-order valence-corrected chi connectivity index (χ3v) is 4.08. The Balaban J connectivity index is 1.90. The second-order valence-electron chi connectivity index (χ2n) is 4.72. The van der Waals surface area contributed by atoms with Gasteiger partial charge < -0.3 is 10.1 Å². The summed E-state index contributed by atoms with van der Waals surface area (Å²) in [7, 11) is 1.71. The van der Waals surface area contributed by atoms with Crippen molar-refractivity contribution in [3.05, 3.63) is 45.9 Å². The van der Waals surface area contributed by atoms with Crippen molar-refractivity contribution in [1.82, 2.24) is 10.3 Å². The van der Waals surface area contributed by atoms with E-state index in [0.717, 1.165) is 18.8 Å². The van der Waals surface area contributed by atoms with Gasteiger partial charge in [0.2, 0.25) is 0 Å². The predicted molar refractivity (Wildman–Crippen MR) is 80.0 cm³/mol. The maximum absolute atomic E-state index is 5.38. The average molecular weight is 276 g/mol. The molecule has 0 amide bonds. The van der Waals surface area contributed by atoms with Crippen molar-refractivity contribution in [1.29, 1.82) is 0 Å². The molecule has 1 unspecified atom stereocenters. The molecule has 2 rings (SSSR count). The average Bonchev–Trinajstić information content (AvgIpc) is 2.93. The van der Waals surface area contributed by atoms with Crippen LogP contribution in [0.2, 0.25) is 0 Å². The summed E-state index contributed by atoms with van der Waals surface area (Å²) in [6.07, 6.45) is 1.86. The lowest BCUT2D eigenvalue weighted by molar-refractivity contribution is 0.407. The highest BCUT2D eigenvalue weighted by molar-refractivity contribution is 7.09. The number of hydrogen-bond donors (Lipinski definition) is 1. The zero-order valence-electron chi connectivity index (χ0n) is 11.6. The third kappa shape index (κ3) is 3.78. The van der Waals surface area contributed by atoms with Crippen LogP contribution in [-0.2, 0) is 6.54 Å². The van der Waals surface area contributed by atoms with Crippen LogP contribution in [0.15, 0.2) is 29.8 Å². The van der Waals surface area contributed by atoms with Gasteiger partial charge >= 0.3 is 0 Å². The van der Waals surface area contributed by atoms with Crippen LogP contribution in [0.25, 0.3) is 0 Å². The van der Waals surface area contributed by atoms with E-state index in [-0.39, 0.29) is 0 Å². The lowest BCUT2D eigenvalue weighted by Gasteiger charge is -2.13. The van der Waals surface area contributed by atoms with Crippen molar-refractivity contribution in [2.75, 3.05) is 13.7 Å². The van der Waals surface area contributed by atoms with Crippen LogP contribution in [0.5, 0.6) is 5.75 Å². The number of ether oxygens (including phenoxy) is 1. The number of methoxy groups -OCH3 is 1. The Bertz CT molecular complexity index is 511. The minimum atomic E-state index is 0.441. The van der Waals surface area contributed by atoms with Crippen LogP contribution in [0, 0.1) is 6.92 Å². The van der Waals surface area contributed by atoms with E-state index in [2.05, 4.69) is 36.3 Å². The predicted octanol–water partition coefficient (Wildman–Crippen LogP) is 3.35. The molecule has 0 bridgehead atoms. The number of benzene rings is 1. The van der Waals surface area contributed by atoms with Crippen LogP contribution >= 0.6 is 11.3 Å². The second kappa shape index (κ2) is 6.68. The quantitative estimate of drug-likeness (QED) is 0.878. The maximum atomic E-state index is 5.38. The van der Waals surface area contributed by atoms with Gasteiger partial charge in [0, 0.05) is 36.1 Å². The highest BCUT2D eigenvalue weighted by Crippen LogP contribution is 2.20. The summed E-state index contributed by atoms with van der Waals surface area (Å²) in [6.45, 7) is 6.03. The fourth-order valence-corrected chi connectivity index (χ4v) is 2.73. The Hall–Kier alpha value is -1.39. The fourth-order valence-electron chi connectivity index (χ4n) is 2.03. The molecule has 1 atom stereocenters. The molecule has 0 aliphatic rings. The van der Waals surface area contributed by atoms with Crippen LogP contribution in [0.1, 0.15) is 29.0 Å². The number of nitrogens with zero attached hydrogens (tertiary/aromatic N) is 1. The zero-order chi connectivity index (χ0) is 13.7. The summed E-state index contributed by atoms with van der Waals surface area (Å²) in [5.74, 6) is 1.39. The summed E-state index contributed by atoms with van der Waals surface area (Å²) in [4.78, 5) is 4.34. The van der Waals surface area contributed by atoms with Gasteiger partial charge in [0.15, 0.2) is 0 Å². The topological polar surface area (TPSA) is 34.1 Å². The van der Waals surface area contributed by atoms with Crippen LogP contribution in [-0.4, -0.2) is 18.6 Å². The smallest absolute Gasteiger partial charge is 0.123 e. The Labute approximate surface area is 118 Å². The summed E-state index contributed by atoms with van der Waals surface area (Å²) in [5.41, 5.74) is 2.46. The zero-order valence-corrected chi connectivity index (χ0v) is 12.5. The first-order valence-electron chi connectivity index (χ1n) is 6.44. The highest BCUT2D eigenvalue weighted by Gasteiger charge is 2.08. The minimum Gasteiger partial charge on any atom is -0.496 e. The van der Waals surface area contributed by atoms with E-state index in [1.54, 1.807) is 18.4 Å². The molecule has 4 heteroatoms. The van der Waals surface area contributed by atoms with Gasteiger partial charge in [-0.05, 0) is 13.0 Å². The molecule has 0 aliphatic heterocycles. The van der Waals surface area contributed by atoms with Crippen LogP contribution < -0.4 is 10.1 Å². The molecule has 1 N–H and O–H groups in total. The van der Waals surface area contributed by atoms with Gasteiger partial charge in [0.25, 0.3) is 0 Å². The van der Waals surface area contributed by atoms with Crippen molar-refractivity contribution in [2.24, 2.45) is 0 Å². The van der Waals surface area contributed by atoms with Gasteiger partial charge in [-0.2, -0.15) is 0 Å². The molecule has 0 saturated heterocycles. The molecular formula is C15H20N2OS. The van der Waals surface area contributed by atoms with Crippen molar-refractivity contribution >= 4 is 11.3 Å². The summed E-state index contributed by atoms with van der Waals surface area (Å²) in [6, 6.07) is 6.26. The van der Waals surface area contributed by atoms with Crippen molar-refractivity contribution < 1.29 is 4.74 Å². The number of nitrogens with one attached hydrogen (secondary N) is 1. The van der Waals surface area contributed by atoms with Crippen molar-refractivity contribution in [3.8, 4) is 5.75 Å². The van der Waals surface area contributed by atoms with Crippen molar-refractivity contribution in [3.63, 3.8) is 0 Å². The first-order chi connectivity index (χ1) is 9.20. The molecule has 102 valence electrons. The maximum Gasteiger partial charge on any atom is 0.123 e. The van der Waals surface area contributed by atoms with Crippen LogP contribution in [0.3, 0.4) is 0 Å². The standard InChI is InChI=1S/C15H20N2OS/c1-11-4-5-14(18-3)13(8-11)10-16-9-12(2)15-17-6-7-19-15/h4-8,12,16H,9-10H2,1-3H3. The molecule has 1 aromatic carbocycles. The van der Waals surface area contributed by atoms with E-state index in [1.165, 1.54) is 16.1 Å². The molecule has 0 spiro atoms. The van der Waals surface area contributed by atoms with E-state index < -0.39 is 0 Å². The van der Waals surface area contributed by atoms with Gasteiger partial charge in [-0.15, -0.1) is 11.3 Å². The van der Waals surface area contributed by atoms with Gasteiger partial charge in [-0.25, -0.2) is 4.98 Å². The van der Waals surface area contributed by atoms with E-state index in [1.807, 2.05) is 17.6 Å². The Kier molecular flexibility index (Phi) is 4.93. The summed E-state index contributed by atoms with van der Waals surface area (Å²) >= 11 is 1.71. The SMILES string of the molecule is COc1ccc(C)cc1CNCC(C)c1nccs1. The lowest BCUT2D eigenvalue weighted by Crippen LogP contribution is -2.20. The highest BCUT2D eigenvalue weighted by atomic mass is 32.1. The Morgan fingerprint density at radius 1 is 1.42 bits per heavy atom. The van der Waals surface area contributed by atoms with Gasteiger partial charge in [0.05, 0.1) is 12.1 Å².